The van der Waals surface area contributed by atoms with Gasteiger partial charge in [0.25, 0.3) is 0 Å². The van der Waals surface area contributed by atoms with Crippen LogP contribution >= 0.6 is 11.3 Å². The van der Waals surface area contributed by atoms with Crippen molar-refractivity contribution < 1.29 is 14.6 Å². The average Bonchev–Trinajstić information content (AvgIpc) is 3.15. The number of aliphatic hydroxyl groups excluding tert-OH is 1. The second-order valence-electron chi connectivity index (χ2n) is 10.6. The monoisotopic (exact) mass is 528 g/mol. The molecule has 0 atom stereocenters. The number of thiazole rings is 1. The zero-order valence-electron chi connectivity index (χ0n) is 22.2. The van der Waals surface area contributed by atoms with E-state index in [0.29, 0.717) is 34.2 Å². The van der Waals surface area contributed by atoms with E-state index in [1.54, 1.807) is 6.92 Å². The predicted molar refractivity (Wildman–Crippen MR) is 147 cm³/mol. The number of hydrogen-bond donors (Lipinski definition) is 2. The Morgan fingerprint density at radius 3 is 2.54 bits per heavy atom. The van der Waals surface area contributed by atoms with E-state index in [4.69, 9.17) is 14.7 Å². The fraction of sp³-hybridized carbons (Fsp3) is 0.704. The number of hydrogen-bond acceptors (Lipinski definition) is 10. The van der Waals surface area contributed by atoms with Crippen LogP contribution in [0.25, 0.3) is 0 Å². The number of anilines is 4. The third-order valence-electron chi connectivity index (χ3n) is 7.81. The Kier molecular flexibility index (Phi) is 8.44. The molecule has 0 aromatic carbocycles. The lowest BCUT2D eigenvalue weighted by Gasteiger charge is -2.34. The van der Waals surface area contributed by atoms with Crippen LogP contribution in [0.5, 0.6) is 0 Å². The van der Waals surface area contributed by atoms with Gasteiger partial charge >= 0.3 is 5.97 Å². The van der Waals surface area contributed by atoms with Crippen LogP contribution in [0, 0.1) is 12.8 Å². The molecule has 2 aliphatic heterocycles. The summed E-state index contributed by atoms with van der Waals surface area (Å²) in [5.74, 6) is 2.90. The summed E-state index contributed by atoms with van der Waals surface area (Å²) < 4.78 is 5.19. The van der Waals surface area contributed by atoms with Gasteiger partial charge < -0.3 is 19.6 Å². The molecule has 4 heterocycles. The number of aliphatic hydroxyl groups is 1. The van der Waals surface area contributed by atoms with Crippen LogP contribution in [0.3, 0.4) is 0 Å². The topological polar surface area (TPSA) is 104 Å². The van der Waals surface area contributed by atoms with Crippen LogP contribution < -0.4 is 15.1 Å². The Labute approximate surface area is 223 Å². The predicted octanol–water partition coefficient (Wildman–Crippen LogP) is 4.85. The second kappa shape index (κ2) is 11.9. The number of piperidine rings is 1. The summed E-state index contributed by atoms with van der Waals surface area (Å²) in [4.78, 5) is 32.3. The van der Waals surface area contributed by atoms with Gasteiger partial charge in [-0.3, -0.25) is 5.32 Å². The molecule has 0 unspecified atom stereocenters. The summed E-state index contributed by atoms with van der Waals surface area (Å²) in [6, 6.07) is 0. The van der Waals surface area contributed by atoms with E-state index in [1.807, 2.05) is 6.92 Å². The van der Waals surface area contributed by atoms with Crippen LogP contribution in [-0.4, -0.2) is 64.9 Å². The third kappa shape index (κ3) is 6.17. The number of aromatic nitrogens is 3. The van der Waals surface area contributed by atoms with Gasteiger partial charge in [-0.15, -0.1) is 0 Å². The first-order valence-electron chi connectivity index (χ1n) is 14.0. The minimum atomic E-state index is -0.348. The van der Waals surface area contributed by atoms with Crippen LogP contribution in [0.1, 0.15) is 85.6 Å². The standard InChI is InChI=1S/C27H40N6O3S/c1-3-36-25(35)22-18(2)28-27(37-22)31-26-29-23(32-15-12-20(34)13-16-32)21-11-7-8-14-33(24(21)30-26)17-19-9-5-4-6-10-19/h19-20,34H,3-17H2,1-2H3,(H,28,29,30,31). The molecule has 2 N–H and O–H groups in total. The SMILES string of the molecule is CCOC(=O)c1sc(Nc2nc(N3CCC(O)CC3)c3c(n2)N(CC2CCCCC2)CCCC3)nc1C. The number of ether oxygens (including phenoxy) is 1. The van der Waals surface area contributed by atoms with Crippen LogP contribution in [0.4, 0.5) is 22.7 Å². The summed E-state index contributed by atoms with van der Waals surface area (Å²) in [6.07, 6.45) is 11.1. The Morgan fingerprint density at radius 2 is 1.78 bits per heavy atom. The number of fused-ring (bicyclic) bond motifs is 1. The summed E-state index contributed by atoms with van der Waals surface area (Å²) >= 11 is 1.28. The van der Waals surface area contributed by atoms with Crippen molar-refractivity contribution in [1.82, 2.24) is 15.0 Å². The highest BCUT2D eigenvalue weighted by Crippen LogP contribution is 2.37. The molecule has 3 aliphatic rings. The van der Waals surface area contributed by atoms with Gasteiger partial charge in [0.15, 0.2) is 5.13 Å². The van der Waals surface area contributed by atoms with E-state index in [2.05, 4.69) is 20.1 Å². The minimum Gasteiger partial charge on any atom is -0.462 e. The van der Waals surface area contributed by atoms with Crippen molar-refractivity contribution >= 4 is 40.0 Å². The van der Waals surface area contributed by atoms with Crippen molar-refractivity contribution in [1.29, 1.82) is 0 Å². The lowest BCUT2D eigenvalue weighted by molar-refractivity contribution is 0.0531. The van der Waals surface area contributed by atoms with Gasteiger partial charge in [0.05, 0.1) is 18.4 Å². The molecule has 10 heteroatoms. The number of carbonyl (C=O) groups excluding carboxylic acids is 1. The molecular weight excluding hydrogens is 488 g/mol. The second-order valence-corrected chi connectivity index (χ2v) is 11.6. The van der Waals surface area contributed by atoms with Gasteiger partial charge in [-0.1, -0.05) is 30.6 Å². The molecule has 1 saturated heterocycles. The molecule has 5 rings (SSSR count). The van der Waals surface area contributed by atoms with Crippen LogP contribution in [-0.2, 0) is 11.2 Å². The van der Waals surface area contributed by atoms with E-state index in [0.717, 1.165) is 69.9 Å². The van der Waals surface area contributed by atoms with E-state index in [-0.39, 0.29) is 12.1 Å². The van der Waals surface area contributed by atoms with Crippen molar-refractivity contribution in [2.24, 2.45) is 5.92 Å². The van der Waals surface area contributed by atoms with E-state index in [9.17, 15) is 9.90 Å². The maximum absolute atomic E-state index is 12.3. The van der Waals surface area contributed by atoms with Crippen molar-refractivity contribution in [3.8, 4) is 0 Å². The normalized spacial score (nSPS) is 19.4. The van der Waals surface area contributed by atoms with Gasteiger partial charge in [0.1, 0.15) is 16.5 Å². The lowest BCUT2D eigenvalue weighted by atomic mass is 9.89. The fourth-order valence-corrected chi connectivity index (χ4v) is 6.70. The number of nitrogens with one attached hydrogen (secondary N) is 1. The van der Waals surface area contributed by atoms with Gasteiger partial charge in [-0.05, 0) is 64.7 Å². The summed E-state index contributed by atoms with van der Waals surface area (Å²) in [5, 5.41) is 14.0. The lowest BCUT2D eigenvalue weighted by Crippen LogP contribution is -2.38. The number of aryl methyl sites for hydroxylation is 1. The minimum absolute atomic E-state index is 0.239. The molecule has 9 nitrogen and oxygen atoms in total. The van der Waals surface area contributed by atoms with Crippen molar-refractivity contribution in [2.75, 3.05) is 47.9 Å². The molecule has 2 fully saturated rings. The highest BCUT2D eigenvalue weighted by atomic mass is 32.1. The first-order chi connectivity index (χ1) is 18.0. The Morgan fingerprint density at radius 1 is 1.03 bits per heavy atom. The molecule has 1 aliphatic carbocycles. The number of rotatable bonds is 7. The maximum Gasteiger partial charge on any atom is 0.350 e. The zero-order valence-corrected chi connectivity index (χ0v) is 23.0. The highest BCUT2D eigenvalue weighted by molar-refractivity contribution is 7.17. The number of nitrogens with zero attached hydrogens (tertiary/aromatic N) is 5. The Hall–Kier alpha value is -2.46. The first kappa shape index (κ1) is 26.2. The van der Waals surface area contributed by atoms with Gasteiger partial charge in [0.2, 0.25) is 5.95 Å². The molecule has 2 aromatic rings. The van der Waals surface area contributed by atoms with Gasteiger partial charge in [-0.25, -0.2) is 9.78 Å². The van der Waals surface area contributed by atoms with Gasteiger partial charge in [-0.2, -0.15) is 9.97 Å². The number of esters is 1. The summed E-state index contributed by atoms with van der Waals surface area (Å²) in [5.41, 5.74) is 1.88. The molecule has 0 amide bonds. The smallest absolute Gasteiger partial charge is 0.350 e. The van der Waals surface area contributed by atoms with Crippen molar-refractivity contribution in [3.05, 3.63) is 16.1 Å². The maximum atomic E-state index is 12.3. The Balaban J connectivity index is 1.49. The largest absolute Gasteiger partial charge is 0.462 e. The molecule has 0 spiro atoms. The van der Waals surface area contributed by atoms with Gasteiger partial charge in [0, 0.05) is 31.7 Å². The van der Waals surface area contributed by atoms with Crippen LogP contribution in [0.15, 0.2) is 0 Å². The van der Waals surface area contributed by atoms with E-state index < -0.39 is 0 Å². The quantitative estimate of drug-likeness (QED) is 0.488. The van der Waals surface area contributed by atoms with Crippen LogP contribution in [0.2, 0.25) is 0 Å². The third-order valence-corrected chi connectivity index (χ3v) is 8.86. The van der Waals surface area contributed by atoms with E-state index in [1.165, 1.54) is 49.0 Å². The average molecular weight is 529 g/mol. The molecule has 1 saturated carbocycles. The molecule has 37 heavy (non-hydrogen) atoms. The molecular formula is C27H40N6O3S. The summed E-state index contributed by atoms with van der Waals surface area (Å²) in [6.45, 7) is 7.59. The highest BCUT2D eigenvalue weighted by Gasteiger charge is 2.29. The molecule has 0 radical (unpaired) electrons. The first-order valence-corrected chi connectivity index (χ1v) is 14.8. The number of carbonyl (C=O) groups is 1. The van der Waals surface area contributed by atoms with Crippen molar-refractivity contribution in [3.63, 3.8) is 0 Å². The fourth-order valence-electron chi connectivity index (χ4n) is 5.84. The Bertz CT molecular complexity index is 1080. The molecule has 202 valence electrons. The molecule has 2 aromatic heterocycles. The van der Waals surface area contributed by atoms with E-state index >= 15 is 0 Å². The summed E-state index contributed by atoms with van der Waals surface area (Å²) in [7, 11) is 0. The van der Waals surface area contributed by atoms with Crippen molar-refractivity contribution in [2.45, 2.75) is 84.2 Å². The molecule has 0 bridgehead atoms. The zero-order chi connectivity index (χ0) is 25.8.